The Labute approximate surface area is 149 Å². The molecule has 12 heteroatoms. The number of nitrogens with one attached hydrogen (secondary N) is 1. The molecule has 2 aliphatic rings. The van der Waals surface area contributed by atoms with Gasteiger partial charge in [0.1, 0.15) is 11.4 Å². The number of urea groups is 1. The first-order valence-corrected chi connectivity index (χ1v) is 7.55. The quantitative estimate of drug-likeness (QED) is 0.595. The van der Waals surface area contributed by atoms with Gasteiger partial charge in [-0.05, 0) is 18.2 Å². The number of nitrogens with zero attached hydrogens (tertiary/aromatic N) is 3. The Bertz CT molecular complexity index is 778. The van der Waals surface area contributed by atoms with Crippen LogP contribution in [0.5, 0.6) is 0 Å². The van der Waals surface area contributed by atoms with Crippen molar-refractivity contribution in [2.45, 2.75) is 18.2 Å². The van der Waals surface area contributed by atoms with Crippen LogP contribution < -0.4 is 11.3 Å². The third-order valence-corrected chi connectivity index (χ3v) is 4.15. The summed E-state index contributed by atoms with van der Waals surface area (Å²) in [6, 6.07) is 2.84. The molecule has 7 nitrogen and oxygen atoms in total. The number of carbonyl (C=O) groups excluding carboxylic acids is 1. The number of hydrogen-bond acceptors (Lipinski definition) is 5. The van der Waals surface area contributed by atoms with Crippen LogP contribution in [0.1, 0.15) is 12.0 Å². The van der Waals surface area contributed by atoms with Crippen molar-refractivity contribution in [1.29, 1.82) is 0 Å². The lowest BCUT2D eigenvalue weighted by Crippen LogP contribution is -2.52. The number of alkyl halides is 3. The Hall–Kier alpha value is -2.04. The van der Waals surface area contributed by atoms with E-state index in [9.17, 15) is 18.0 Å². The SMILES string of the molecule is NN1CC(C2=NOC(c3cc(Cl)cc(Cl)c3)(C(F)(F)F)C2)=NNC1=O. The van der Waals surface area contributed by atoms with Crippen LogP contribution in [0, 0.1) is 0 Å². The van der Waals surface area contributed by atoms with Crippen molar-refractivity contribution in [3.8, 4) is 0 Å². The standard InChI is InChI=1S/C13H10Cl2F3N5O2/c14-7-1-6(2-8(15)3-7)12(13(16,17)18)4-9(22-25-12)10-5-23(19)11(24)21-20-10/h1-3H,4-5,19H2,(H,21,24). The molecule has 134 valence electrons. The summed E-state index contributed by atoms with van der Waals surface area (Å²) in [5, 5.41) is 8.02. The normalized spacial score (nSPS) is 23.8. The van der Waals surface area contributed by atoms with Gasteiger partial charge in [0, 0.05) is 15.6 Å². The summed E-state index contributed by atoms with van der Waals surface area (Å²) in [6.45, 7) is -0.210. The third-order valence-electron chi connectivity index (χ3n) is 3.72. The van der Waals surface area contributed by atoms with Crippen molar-refractivity contribution in [3.05, 3.63) is 33.8 Å². The van der Waals surface area contributed by atoms with E-state index in [2.05, 4.69) is 15.7 Å². The molecule has 2 amide bonds. The third kappa shape index (κ3) is 3.12. The first-order valence-electron chi connectivity index (χ1n) is 6.80. The van der Waals surface area contributed by atoms with Crippen molar-refractivity contribution < 1.29 is 22.8 Å². The first-order chi connectivity index (χ1) is 11.6. The summed E-state index contributed by atoms with van der Waals surface area (Å²) >= 11 is 11.6. The van der Waals surface area contributed by atoms with Crippen LogP contribution >= 0.6 is 23.2 Å². The minimum Gasteiger partial charge on any atom is -0.374 e. The molecule has 3 N–H and O–H groups in total. The Morgan fingerprint density at radius 1 is 1.24 bits per heavy atom. The van der Waals surface area contributed by atoms with E-state index in [1.807, 2.05) is 0 Å². The highest BCUT2D eigenvalue weighted by Gasteiger charge is 2.62. The monoisotopic (exact) mass is 395 g/mol. The lowest BCUT2D eigenvalue weighted by molar-refractivity contribution is -0.275. The topological polar surface area (TPSA) is 92.3 Å². The minimum atomic E-state index is -4.81. The zero-order chi connectivity index (χ0) is 18.4. The summed E-state index contributed by atoms with van der Waals surface area (Å²) < 4.78 is 41.4. The molecule has 0 aliphatic carbocycles. The molecule has 0 fully saturated rings. The Balaban J connectivity index is 1.97. The second kappa shape index (κ2) is 6.04. The van der Waals surface area contributed by atoms with E-state index in [4.69, 9.17) is 33.9 Å². The number of benzene rings is 1. The second-order valence-corrected chi connectivity index (χ2v) is 6.27. The van der Waals surface area contributed by atoms with E-state index < -0.39 is 24.2 Å². The number of rotatable bonds is 2. The molecule has 25 heavy (non-hydrogen) atoms. The zero-order valence-electron chi connectivity index (χ0n) is 12.3. The summed E-state index contributed by atoms with van der Waals surface area (Å²) in [7, 11) is 0. The van der Waals surface area contributed by atoms with Crippen molar-refractivity contribution in [3.63, 3.8) is 0 Å². The van der Waals surface area contributed by atoms with Crippen molar-refractivity contribution in [2.24, 2.45) is 16.1 Å². The highest BCUT2D eigenvalue weighted by atomic mass is 35.5. The average molecular weight is 396 g/mol. The van der Waals surface area contributed by atoms with E-state index >= 15 is 0 Å². The molecule has 2 heterocycles. The van der Waals surface area contributed by atoms with Gasteiger partial charge in [-0.15, -0.1) is 0 Å². The number of oxime groups is 1. The van der Waals surface area contributed by atoms with Crippen LogP contribution in [0.4, 0.5) is 18.0 Å². The van der Waals surface area contributed by atoms with Crippen LogP contribution in [-0.2, 0) is 10.4 Å². The van der Waals surface area contributed by atoms with Gasteiger partial charge >= 0.3 is 12.2 Å². The molecular formula is C13H10Cl2F3N5O2. The van der Waals surface area contributed by atoms with Crippen LogP contribution in [0.2, 0.25) is 10.0 Å². The summed E-state index contributed by atoms with van der Waals surface area (Å²) in [5.41, 5.74) is -1.02. The molecule has 1 unspecified atom stereocenters. The number of amides is 2. The molecule has 0 aromatic heterocycles. The highest BCUT2D eigenvalue weighted by Crippen LogP contribution is 2.49. The lowest BCUT2D eigenvalue weighted by Gasteiger charge is -2.30. The van der Waals surface area contributed by atoms with E-state index in [1.165, 1.54) is 6.07 Å². The van der Waals surface area contributed by atoms with Crippen LogP contribution in [0.25, 0.3) is 0 Å². The summed E-state index contributed by atoms with van der Waals surface area (Å²) in [6.07, 6.45) is -5.48. The van der Waals surface area contributed by atoms with Crippen molar-refractivity contribution in [1.82, 2.24) is 10.4 Å². The fourth-order valence-corrected chi connectivity index (χ4v) is 2.98. The number of nitrogens with two attached hydrogens (primary N) is 1. The number of hydrazone groups is 1. The highest BCUT2D eigenvalue weighted by molar-refractivity contribution is 6.44. The predicted molar refractivity (Wildman–Crippen MR) is 84.2 cm³/mol. The molecule has 0 saturated heterocycles. The Morgan fingerprint density at radius 2 is 1.88 bits per heavy atom. The summed E-state index contributed by atoms with van der Waals surface area (Å²) in [4.78, 5) is 16.1. The molecule has 0 bridgehead atoms. The molecule has 0 saturated carbocycles. The van der Waals surface area contributed by atoms with Gasteiger partial charge < -0.3 is 4.84 Å². The van der Waals surface area contributed by atoms with E-state index in [0.29, 0.717) is 0 Å². The predicted octanol–water partition coefficient (Wildman–Crippen LogP) is 2.78. The number of hydrazine groups is 1. The summed E-state index contributed by atoms with van der Waals surface area (Å²) in [5.74, 6) is 5.43. The van der Waals surface area contributed by atoms with Crippen LogP contribution in [0.3, 0.4) is 0 Å². The molecular weight excluding hydrogens is 386 g/mol. The maximum absolute atomic E-state index is 13.8. The molecule has 1 aromatic carbocycles. The van der Waals surface area contributed by atoms with Crippen molar-refractivity contribution >= 4 is 40.7 Å². The smallest absolute Gasteiger partial charge is 0.374 e. The van der Waals surface area contributed by atoms with Gasteiger partial charge in [0.2, 0.25) is 0 Å². The van der Waals surface area contributed by atoms with E-state index in [1.54, 1.807) is 0 Å². The molecule has 1 aromatic rings. The van der Waals surface area contributed by atoms with E-state index in [-0.39, 0.29) is 33.6 Å². The maximum Gasteiger partial charge on any atom is 0.435 e. The lowest BCUT2D eigenvalue weighted by atomic mass is 9.87. The first kappa shape index (κ1) is 17.8. The fraction of sp³-hybridized carbons (Fsp3) is 0.308. The minimum absolute atomic E-state index is 0.0265. The Kier molecular flexibility index (Phi) is 4.30. The molecule has 1 atom stereocenters. The van der Waals surface area contributed by atoms with Gasteiger partial charge in [-0.2, -0.15) is 18.3 Å². The maximum atomic E-state index is 13.8. The van der Waals surface area contributed by atoms with Gasteiger partial charge in [-0.3, -0.25) is 5.01 Å². The van der Waals surface area contributed by atoms with Gasteiger partial charge in [0.05, 0.1) is 13.0 Å². The van der Waals surface area contributed by atoms with Gasteiger partial charge in [-0.1, -0.05) is 28.4 Å². The second-order valence-electron chi connectivity index (χ2n) is 5.39. The molecule has 0 spiro atoms. The Morgan fingerprint density at radius 3 is 2.44 bits per heavy atom. The zero-order valence-corrected chi connectivity index (χ0v) is 13.8. The van der Waals surface area contributed by atoms with Crippen LogP contribution in [-0.4, -0.2) is 35.2 Å². The van der Waals surface area contributed by atoms with Gasteiger partial charge in [0.25, 0.3) is 5.60 Å². The molecule has 3 rings (SSSR count). The average Bonchev–Trinajstić information content (AvgIpc) is 2.95. The number of carbonyl (C=O) groups is 1. The molecule has 2 aliphatic heterocycles. The van der Waals surface area contributed by atoms with Gasteiger partial charge in [0.15, 0.2) is 0 Å². The van der Waals surface area contributed by atoms with Crippen LogP contribution in [0.15, 0.2) is 28.5 Å². The van der Waals surface area contributed by atoms with Crippen molar-refractivity contribution in [2.75, 3.05) is 6.54 Å². The fourth-order valence-electron chi connectivity index (χ4n) is 2.45. The number of hydrogen-bond donors (Lipinski definition) is 2. The van der Waals surface area contributed by atoms with Gasteiger partial charge in [-0.25, -0.2) is 16.1 Å². The number of halogens is 5. The largest absolute Gasteiger partial charge is 0.435 e. The molecule has 0 radical (unpaired) electrons. The van der Waals surface area contributed by atoms with E-state index in [0.717, 1.165) is 17.1 Å².